The van der Waals surface area contributed by atoms with Crippen molar-refractivity contribution < 1.29 is 14.9 Å². The van der Waals surface area contributed by atoms with Gasteiger partial charge in [0.15, 0.2) is 0 Å². The van der Waals surface area contributed by atoms with Crippen LogP contribution in [0.5, 0.6) is 0 Å². The predicted octanol–water partition coefficient (Wildman–Crippen LogP) is 1.80. The molecule has 4 heteroatoms. The normalized spacial score (nSPS) is 31.5. The maximum absolute atomic E-state index is 10.8. The molecule has 1 fully saturated rings. The quantitative estimate of drug-likeness (QED) is 0.378. The summed E-state index contributed by atoms with van der Waals surface area (Å²) < 4.78 is 0. The molecule has 0 spiro atoms. The van der Waals surface area contributed by atoms with E-state index < -0.39 is 5.97 Å². The van der Waals surface area contributed by atoms with E-state index in [0.717, 1.165) is 19.3 Å². The Kier molecular flexibility index (Phi) is 3.15. The summed E-state index contributed by atoms with van der Waals surface area (Å²) in [5.74, 6) is -0.744. The van der Waals surface area contributed by atoms with Crippen LogP contribution in [0.1, 0.15) is 25.7 Å². The molecule has 0 aliphatic heterocycles. The number of rotatable bonds is 1. The number of halogens is 1. The molecule has 3 nitrogen and oxygen atoms in total. The Morgan fingerprint density at radius 1 is 1.55 bits per heavy atom. The maximum atomic E-state index is 10.8. The summed E-state index contributed by atoms with van der Waals surface area (Å²) in [5, 5.41) is 8.14. The molecule has 1 aliphatic rings. The highest BCUT2D eigenvalue weighted by molar-refractivity contribution is 6.20. The van der Waals surface area contributed by atoms with E-state index in [1.165, 1.54) is 0 Å². The van der Waals surface area contributed by atoms with Crippen LogP contribution in [-0.2, 0) is 9.68 Å². The van der Waals surface area contributed by atoms with Gasteiger partial charge < -0.3 is 4.89 Å². The molecule has 0 aromatic heterocycles. The van der Waals surface area contributed by atoms with Crippen LogP contribution >= 0.6 is 11.6 Å². The van der Waals surface area contributed by atoms with Crippen LogP contribution in [-0.4, -0.2) is 16.6 Å². The van der Waals surface area contributed by atoms with E-state index in [1.54, 1.807) is 0 Å². The van der Waals surface area contributed by atoms with E-state index in [9.17, 15) is 4.79 Å². The van der Waals surface area contributed by atoms with Crippen molar-refractivity contribution in [2.45, 2.75) is 31.1 Å². The zero-order chi connectivity index (χ0) is 8.27. The van der Waals surface area contributed by atoms with Crippen molar-refractivity contribution in [3.63, 3.8) is 0 Å². The second-order valence-corrected chi connectivity index (χ2v) is 3.49. The molecule has 1 saturated carbocycles. The molecular weight excluding hydrogens is 168 g/mol. The minimum atomic E-state index is -0.546. The first-order valence-electron chi connectivity index (χ1n) is 3.73. The smallest absolute Gasteiger partial charge is 0.301 e. The lowest BCUT2D eigenvalue weighted by Gasteiger charge is -2.21. The molecule has 0 heterocycles. The zero-order valence-corrected chi connectivity index (χ0v) is 6.88. The number of carbonyl (C=O) groups excluding carboxylic acids is 1. The molecule has 1 rings (SSSR count). The summed E-state index contributed by atoms with van der Waals surface area (Å²) in [7, 11) is 0. The second kappa shape index (κ2) is 3.93. The van der Waals surface area contributed by atoms with E-state index >= 15 is 0 Å². The highest BCUT2D eigenvalue weighted by atomic mass is 35.5. The third-order valence-electron chi connectivity index (χ3n) is 2.03. The van der Waals surface area contributed by atoms with Crippen LogP contribution in [0.15, 0.2) is 0 Å². The highest BCUT2D eigenvalue weighted by Crippen LogP contribution is 2.28. The first-order chi connectivity index (χ1) is 5.24. The number of hydrogen-bond donors (Lipinski definition) is 1. The molecule has 2 unspecified atom stereocenters. The monoisotopic (exact) mass is 178 g/mol. The van der Waals surface area contributed by atoms with Crippen molar-refractivity contribution in [2.24, 2.45) is 5.92 Å². The van der Waals surface area contributed by atoms with Crippen molar-refractivity contribution in [3.8, 4) is 0 Å². The minimum Gasteiger partial charge on any atom is -0.301 e. The molecule has 0 aromatic carbocycles. The van der Waals surface area contributed by atoms with Gasteiger partial charge in [-0.2, -0.15) is 5.26 Å². The highest BCUT2D eigenvalue weighted by Gasteiger charge is 2.27. The standard InChI is InChI=1S/C7H11ClO3/c8-6-3-1-2-5(4-6)7(9)11-10/h5-6,10H,1-4H2. The van der Waals surface area contributed by atoms with Gasteiger partial charge in [0, 0.05) is 5.38 Å². The van der Waals surface area contributed by atoms with Gasteiger partial charge in [-0.05, 0) is 19.3 Å². The zero-order valence-electron chi connectivity index (χ0n) is 6.12. The average molecular weight is 179 g/mol. The first kappa shape index (κ1) is 8.81. The Bertz CT molecular complexity index is 149. The van der Waals surface area contributed by atoms with Gasteiger partial charge in [0.25, 0.3) is 0 Å². The topological polar surface area (TPSA) is 46.5 Å². The van der Waals surface area contributed by atoms with Gasteiger partial charge >= 0.3 is 5.97 Å². The third kappa shape index (κ3) is 2.34. The number of hydrogen-bond acceptors (Lipinski definition) is 3. The summed E-state index contributed by atoms with van der Waals surface area (Å²) in [5.41, 5.74) is 0. The van der Waals surface area contributed by atoms with Crippen LogP contribution in [0.3, 0.4) is 0 Å². The largest absolute Gasteiger partial charge is 0.345 e. The van der Waals surface area contributed by atoms with Crippen LogP contribution in [0, 0.1) is 5.92 Å². The lowest BCUT2D eigenvalue weighted by Crippen LogP contribution is -2.24. The lowest BCUT2D eigenvalue weighted by atomic mass is 9.89. The van der Waals surface area contributed by atoms with Crippen molar-refractivity contribution in [3.05, 3.63) is 0 Å². The maximum Gasteiger partial charge on any atom is 0.345 e. The van der Waals surface area contributed by atoms with Gasteiger partial charge in [-0.25, -0.2) is 4.79 Å². The molecule has 0 radical (unpaired) electrons. The van der Waals surface area contributed by atoms with Crippen molar-refractivity contribution in [2.75, 3.05) is 0 Å². The van der Waals surface area contributed by atoms with Gasteiger partial charge in [-0.3, -0.25) is 0 Å². The Labute approximate surface area is 70.2 Å². The summed E-state index contributed by atoms with van der Waals surface area (Å²) in [6, 6.07) is 0. The second-order valence-electron chi connectivity index (χ2n) is 2.87. The molecule has 64 valence electrons. The Balaban J connectivity index is 2.39. The fourth-order valence-electron chi connectivity index (χ4n) is 1.42. The summed E-state index contributed by atoms with van der Waals surface area (Å²) in [4.78, 5) is 14.4. The van der Waals surface area contributed by atoms with E-state index in [1.807, 2.05) is 0 Å². The summed E-state index contributed by atoms with van der Waals surface area (Å²) in [6.45, 7) is 0. The molecule has 0 amide bonds. The fraction of sp³-hybridized carbons (Fsp3) is 0.857. The van der Waals surface area contributed by atoms with Crippen molar-refractivity contribution in [1.82, 2.24) is 0 Å². The van der Waals surface area contributed by atoms with Crippen LogP contribution in [0.2, 0.25) is 0 Å². The van der Waals surface area contributed by atoms with Crippen molar-refractivity contribution >= 4 is 17.6 Å². The fourth-order valence-corrected chi connectivity index (χ4v) is 1.79. The van der Waals surface area contributed by atoms with E-state index in [4.69, 9.17) is 16.9 Å². The predicted molar refractivity (Wildman–Crippen MR) is 40.3 cm³/mol. The van der Waals surface area contributed by atoms with E-state index in [0.29, 0.717) is 6.42 Å². The van der Waals surface area contributed by atoms with Gasteiger partial charge in [0.2, 0.25) is 0 Å². The molecule has 0 bridgehead atoms. The Morgan fingerprint density at radius 2 is 2.27 bits per heavy atom. The minimum absolute atomic E-state index is 0.0628. The van der Waals surface area contributed by atoms with Gasteiger partial charge in [0.1, 0.15) is 0 Å². The Hall–Kier alpha value is -0.280. The molecule has 0 aromatic rings. The van der Waals surface area contributed by atoms with Gasteiger partial charge in [-0.15, -0.1) is 11.6 Å². The number of alkyl halides is 1. The van der Waals surface area contributed by atoms with Crippen LogP contribution in [0.25, 0.3) is 0 Å². The van der Waals surface area contributed by atoms with Gasteiger partial charge in [0.05, 0.1) is 5.92 Å². The van der Waals surface area contributed by atoms with Crippen LogP contribution in [0.4, 0.5) is 0 Å². The van der Waals surface area contributed by atoms with Crippen LogP contribution < -0.4 is 0 Å². The third-order valence-corrected chi connectivity index (χ3v) is 2.43. The molecule has 1 aliphatic carbocycles. The van der Waals surface area contributed by atoms with Gasteiger partial charge in [-0.1, -0.05) is 6.42 Å². The summed E-state index contributed by atoms with van der Waals surface area (Å²) >= 11 is 5.82. The van der Waals surface area contributed by atoms with E-state index in [-0.39, 0.29) is 11.3 Å². The molecular formula is C7H11ClO3. The van der Waals surface area contributed by atoms with E-state index in [2.05, 4.69) is 4.89 Å². The molecule has 11 heavy (non-hydrogen) atoms. The average Bonchev–Trinajstić information content (AvgIpc) is 2.03. The summed E-state index contributed by atoms with van der Waals surface area (Å²) in [6.07, 6.45) is 3.30. The number of carbonyl (C=O) groups is 1. The molecule has 0 saturated heterocycles. The first-order valence-corrected chi connectivity index (χ1v) is 4.17. The Morgan fingerprint density at radius 3 is 2.82 bits per heavy atom. The molecule has 2 atom stereocenters. The van der Waals surface area contributed by atoms with Crippen molar-refractivity contribution in [1.29, 1.82) is 0 Å². The SMILES string of the molecule is O=C(OO)C1CCCC(Cl)C1. The lowest BCUT2D eigenvalue weighted by molar-refractivity contribution is -0.239. The molecule has 1 N–H and O–H groups in total.